The summed E-state index contributed by atoms with van der Waals surface area (Å²) in [6.07, 6.45) is 3.38. The maximum Gasteiger partial charge on any atom is 0.328 e. The molecule has 0 unspecified atom stereocenters. The Hall–Kier alpha value is -3.85. The van der Waals surface area contributed by atoms with E-state index in [1.54, 1.807) is 30.5 Å². The van der Waals surface area contributed by atoms with Crippen LogP contribution in [0.2, 0.25) is 0 Å². The molecule has 1 heterocycles. The number of imidazole rings is 1. The summed E-state index contributed by atoms with van der Waals surface area (Å²) in [6.45, 7) is 0. The van der Waals surface area contributed by atoms with E-state index in [9.17, 15) is 9.59 Å². The minimum absolute atomic E-state index is 0.263. The molecule has 28 heavy (non-hydrogen) atoms. The van der Waals surface area contributed by atoms with Crippen molar-refractivity contribution in [1.82, 2.24) is 15.3 Å². The smallest absolute Gasteiger partial charge is 0.328 e. The molecule has 0 saturated heterocycles. The van der Waals surface area contributed by atoms with Gasteiger partial charge in [-0.15, -0.1) is 0 Å². The molecule has 1 aromatic heterocycles. The number of rotatable bonds is 5. The third-order valence-corrected chi connectivity index (χ3v) is 4.04. The van der Waals surface area contributed by atoms with Gasteiger partial charge in [-0.1, -0.05) is 30.0 Å². The summed E-state index contributed by atoms with van der Waals surface area (Å²) in [7, 11) is 1.29. The normalized spacial score (nSPS) is 11.0. The lowest BCUT2D eigenvalue weighted by molar-refractivity contribution is -0.142. The third kappa shape index (κ3) is 5.08. The first kappa shape index (κ1) is 18.9. The maximum absolute atomic E-state index is 12.5. The zero-order valence-electron chi connectivity index (χ0n) is 15.3. The number of carbonyl (C=O) groups excluding carboxylic acids is 2. The standard InChI is InChI=1S/C22H19N3O3/c1-28-22(27)20(13-19-14-23-15-24-19)25-21(26)18-11-9-17(10-12-18)8-7-16-5-3-2-4-6-16/h2-6,9-12,14-15,20H,13H2,1H3,(H,23,24)(H,25,26)/t20-/m0/s1. The summed E-state index contributed by atoms with van der Waals surface area (Å²) in [5.74, 6) is 5.24. The number of H-pyrrole nitrogens is 1. The first-order valence-corrected chi connectivity index (χ1v) is 8.69. The van der Waals surface area contributed by atoms with Crippen LogP contribution in [0.25, 0.3) is 0 Å². The second kappa shape index (κ2) is 9.19. The van der Waals surface area contributed by atoms with Crippen molar-refractivity contribution in [2.24, 2.45) is 0 Å². The van der Waals surface area contributed by atoms with Crippen LogP contribution in [0.1, 0.15) is 27.2 Å². The number of ether oxygens (including phenoxy) is 1. The first-order valence-electron chi connectivity index (χ1n) is 8.69. The molecular formula is C22H19N3O3. The van der Waals surface area contributed by atoms with Gasteiger partial charge in [0.1, 0.15) is 6.04 Å². The molecule has 140 valence electrons. The zero-order chi connectivity index (χ0) is 19.8. The quantitative estimate of drug-likeness (QED) is 0.531. The first-order chi connectivity index (χ1) is 13.7. The highest BCUT2D eigenvalue weighted by Crippen LogP contribution is 2.07. The Morgan fingerprint density at radius 2 is 1.75 bits per heavy atom. The minimum atomic E-state index is -0.810. The number of aromatic nitrogens is 2. The van der Waals surface area contributed by atoms with Crippen LogP contribution in [0.3, 0.4) is 0 Å². The molecule has 0 saturated carbocycles. The highest BCUT2D eigenvalue weighted by molar-refractivity contribution is 5.96. The third-order valence-electron chi connectivity index (χ3n) is 4.04. The second-order valence-corrected chi connectivity index (χ2v) is 6.02. The van der Waals surface area contributed by atoms with E-state index in [-0.39, 0.29) is 12.3 Å². The van der Waals surface area contributed by atoms with E-state index in [1.165, 1.54) is 13.4 Å². The van der Waals surface area contributed by atoms with E-state index in [0.29, 0.717) is 5.56 Å². The topological polar surface area (TPSA) is 84.1 Å². The van der Waals surface area contributed by atoms with Crippen molar-refractivity contribution in [2.45, 2.75) is 12.5 Å². The summed E-state index contributed by atoms with van der Waals surface area (Å²) >= 11 is 0. The number of aromatic amines is 1. The van der Waals surface area contributed by atoms with Crippen LogP contribution in [-0.2, 0) is 16.0 Å². The van der Waals surface area contributed by atoms with E-state index < -0.39 is 12.0 Å². The highest BCUT2D eigenvalue weighted by atomic mass is 16.5. The van der Waals surface area contributed by atoms with Gasteiger partial charge in [0.15, 0.2) is 0 Å². The van der Waals surface area contributed by atoms with Crippen molar-refractivity contribution >= 4 is 11.9 Å². The Balaban J connectivity index is 1.67. The predicted molar refractivity (Wildman–Crippen MR) is 104 cm³/mol. The fourth-order valence-electron chi connectivity index (χ4n) is 2.56. The number of hydrogen-bond acceptors (Lipinski definition) is 4. The van der Waals surface area contributed by atoms with Gasteiger partial charge in [-0.05, 0) is 36.4 Å². The Morgan fingerprint density at radius 3 is 2.36 bits per heavy atom. The van der Waals surface area contributed by atoms with Crippen molar-refractivity contribution in [3.05, 3.63) is 89.5 Å². The molecule has 2 N–H and O–H groups in total. The van der Waals surface area contributed by atoms with Gasteiger partial charge < -0.3 is 15.0 Å². The van der Waals surface area contributed by atoms with Crippen LogP contribution in [0.4, 0.5) is 0 Å². The molecule has 6 nitrogen and oxygen atoms in total. The van der Waals surface area contributed by atoms with Gasteiger partial charge >= 0.3 is 5.97 Å². The molecule has 3 aromatic rings. The molecule has 1 amide bonds. The fraction of sp³-hybridized carbons (Fsp3) is 0.136. The van der Waals surface area contributed by atoms with E-state index in [1.807, 2.05) is 30.3 Å². The zero-order valence-corrected chi connectivity index (χ0v) is 15.3. The van der Waals surface area contributed by atoms with Gasteiger partial charge in [-0.25, -0.2) is 9.78 Å². The van der Waals surface area contributed by atoms with E-state index >= 15 is 0 Å². The number of amides is 1. The Kier molecular flexibility index (Phi) is 6.21. The fourth-order valence-corrected chi connectivity index (χ4v) is 2.56. The summed E-state index contributed by atoms with van der Waals surface area (Å²) in [5.41, 5.74) is 2.87. The predicted octanol–water partition coefficient (Wildman–Crippen LogP) is 2.32. The Morgan fingerprint density at radius 1 is 1.07 bits per heavy atom. The number of methoxy groups -OCH3 is 1. The van der Waals surface area contributed by atoms with Crippen molar-refractivity contribution in [1.29, 1.82) is 0 Å². The molecule has 0 aliphatic heterocycles. The van der Waals surface area contributed by atoms with Gasteiger partial charge in [-0.2, -0.15) is 0 Å². The molecule has 0 radical (unpaired) electrons. The van der Waals surface area contributed by atoms with Gasteiger partial charge in [-0.3, -0.25) is 4.79 Å². The van der Waals surface area contributed by atoms with E-state index in [2.05, 4.69) is 27.1 Å². The van der Waals surface area contributed by atoms with E-state index in [0.717, 1.165) is 16.8 Å². The van der Waals surface area contributed by atoms with Crippen molar-refractivity contribution in [3.8, 4) is 11.8 Å². The van der Waals surface area contributed by atoms with Crippen LogP contribution >= 0.6 is 0 Å². The molecule has 1 atom stereocenters. The molecule has 0 spiro atoms. The van der Waals surface area contributed by atoms with Crippen LogP contribution in [0.5, 0.6) is 0 Å². The molecule has 0 aliphatic carbocycles. The van der Waals surface area contributed by atoms with Crippen LogP contribution in [0, 0.1) is 11.8 Å². The Bertz CT molecular complexity index is 985. The average Bonchev–Trinajstić information content (AvgIpc) is 3.25. The van der Waals surface area contributed by atoms with Gasteiger partial charge in [0.25, 0.3) is 5.91 Å². The molecule has 0 bridgehead atoms. The molecule has 6 heteroatoms. The minimum Gasteiger partial charge on any atom is -0.467 e. The average molecular weight is 373 g/mol. The lowest BCUT2D eigenvalue weighted by Gasteiger charge is -2.15. The van der Waals surface area contributed by atoms with Crippen molar-refractivity contribution in [3.63, 3.8) is 0 Å². The largest absolute Gasteiger partial charge is 0.467 e. The number of carbonyl (C=O) groups is 2. The molecule has 0 fully saturated rings. The summed E-state index contributed by atoms with van der Waals surface area (Å²) in [6, 6.07) is 15.7. The molecule has 0 aliphatic rings. The Labute approximate surface area is 163 Å². The number of nitrogens with zero attached hydrogens (tertiary/aromatic N) is 1. The number of esters is 1. The number of nitrogens with one attached hydrogen (secondary N) is 2. The maximum atomic E-state index is 12.5. The second-order valence-electron chi connectivity index (χ2n) is 6.02. The van der Waals surface area contributed by atoms with Gasteiger partial charge in [0, 0.05) is 35.0 Å². The number of hydrogen-bond donors (Lipinski definition) is 2. The number of benzene rings is 2. The van der Waals surface area contributed by atoms with Crippen molar-refractivity contribution in [2.75, 3.05) is 7.11 Å². The molecule has 3 rings (SSSR count). The lowest BCUT2D eigenvalue weighted by Crippen LogP contribution is -2.43. The van der Waals surface area contributed by atoms with Crippen LogP contribution in [0.15, 0.2) is 67.1 Å². The summed E-state index contributed by atoms with van der Waals surface area (Å²) in [4.78, 5) is 31.3. The lowest BCUT2D eigenvalue weighted by atomic mass is 10.1. The highest BCUT2D eigenvalue weighted by Gasteiger charge is 2.23. The van der Waals surface area contributed by atoms with Crippen molar-refractivity contribution < 1.29 is 14.3 Å². The van der Waals surface area contributed by atoms with Crippen LogP contribution < -0.4 is 5.32 Å². The van der Waals surface area contributed by atoms with Gasteiger partial charge in [0.05, 0.1) is 13.4 Å². The molecule has 2 aromatic carbocycles. The summed E-state index contributed by atoms with van der Waals surface area (Å²) in [5, 5.41) is 2.70. The van der Waals surface area contributed by atoms with Crippen LogP contribution in [-0.4, -0.2) is 35.0 Å². The monoisotopic (exact) mass is 373 g/mol. The summed E-state index contributed by atoms with van der Waals surface area (Å²) < 4.78 is 4.78. The molecular weight excluding hydrogens is 354 g/mol. The van der Waals surface area contributed by atoms with E-state index in [4.69, 9.17) is 4.74 Å². The van der Waals surface area contributed by atoms with Gasteiger partial charge in [0.2, 0.25) is 0 Å². The SMILES string of the molecule is COC(=O)[C@H](Cc1cnc[nH]1)NC(=O)c1ccc(C#Cc2ccccc2)cc1.